The van der Waals surface area contributed by atoms with Gasteiger partial charge >= 0.3 is 0 Å². The molecule has 154 valence electrons. The van der Waals surface area contributed by atoms with E-state index in [0.717, 1.165) is 37.9 Å². The van der Waals surface area contributed by atoms with Crippen molar-refractivity contribution in [1.82, 2.24) is 24.5 Å². The smallest absolute Gasteiger partial charge is 0.208 e. The number of sulfonamides is 1. The number of piperidine rings is 1. The quantitative estimate of drug-likeness (QED) is 0.660. The maximum Gasteiger partial charge on any atom is 0.208 e. The van der Waals surface area contributed by atoms with Crippen LogP contribution in [-0.4, -0.2) is 53.6 Å². The molecule has 1 unspecified atom stereocenters. The second-order valence-corrected chi connectivity index (χ2v) is 9.10. The van der Waals surface area contributed by atoms with Gasteiger partial charge in [0.05, 0.1) is 11.8 Å². The SMILES string of the molecule is CS(=O)(=O)NCCC1CCCCN1c1ccc2nnc(-c3ccccc3F)n2n1. The summed E-state index contributed by atoms with van der Waals surface area (Å²) in [6.07, 6.45) is 4.95. The highest BCUT2D eigenvalue weighted by atomic mass is 32.2. The van der Waals surface area contributed by atoms with E-state index in [1.165, 1.54) is 6.07 Å². The molecular weight excluding hydrogens is 395 g/mol. The number of nitrogens with zero attached hydrogens (tertiary/aromatic N) is 5. The number of nitrogens with one attached hydrogen (secondary N) is 1. The van der Waals surface area contributed by atoms with Crippen molar-refractivity contribution in [1.29, 1.82) is 0 Å². The Morgan fingerprint density at radius 2 is 2.00 bits per heavy atom. The molecule has 1 saturated heterocycles. The van der Waals surface area contributed by atoms with Crippen LogP contribution in [0, 0.1) is 5.82 Å². The molecule has 1 atom stereocenters. The summed E-state index contributed by atoms with van der Waals surface area (Å²) in [5.41, 5.74) is 0.886. The van der Waals surface area contributed by atoms with Crippen molar-refractivity contribution in [3.63, 3.8) is 0 Å². The van der Waals surface area contributed by atoms with E-state index in [1.54, 1.807) is 22.7 Å². The fourth-order valence-electron chi connectivity index (χ4n) is 3.76. The fraction of sp³-hybridized carbons (Fsp3) is 0.421. The van der Waals surface area contributed by atoms with Crippen LogP contribution in [-0.2, 0) is 10.0 Å². The first-order chi connectivity index (χ1) is 13.9. The summed E-state index contributed by atoms with van der Waals surface area (Å²) in [5, 5.41) is 12.9. The predicted molar refractivity (Wildman–Crippen MR) is 109 cm³/mol. The van der Waals surface area contributed by atoms with Gasteiger partial charge in [0.2, 0.25) is 10.0 Å². The van der Waals surface area contributed by atoms with Crippen LogP contribution in [0.4, 0.5) is 10.2 Å². The van der Waals surface area contributed by atoms with Crippen LogP contribution in [0.3, 0.4) is 0 Å². The zero-order valence-electron chi connectivity index (χ0n) is 16.1. The molecule has 8 nitrogen and oxygen atoms in total. The summed E-state index contributed by atoms with van der Waals surface area (Å²) in [6.45, 7) is 1.22. The van der Waals surface area contributed by atoms with Crippen LogP contribution in [0.5, 0.6) is 0 Å². The van der Waals surface area contributed by atoms with Crippen molar-refractivity contribution in [3.8, 4) is 11.4 Å². The lowest BCUT2D eigenvalue weighted by Crippen LogP contribution is -2.42. The molecular formula is C19H23FN6O2S. The minimum atomic E-state index is -3.21. The number of benzene rings is 1. The molecule has 0 bridgehead atoms. The lowest BCUT2D eigenvalue weighted by Gasteiger charge is -2.36. The minimum absolute atomic E-state index is 0.177. The van der Waals surface area contributed by atoms with Gasteiger partial charge in [-0.2, -0.15) is 4.52 Å². The van der Waals surface area contributed by atoms with Crippen molar-refractivity contribution in [2.75, 3.05) is 24.2 Å². The van der Waals surface area contributed by atoms with Gasteiger partial charge in [0.1, 0.15) is 11.6 Å². The van der Waals surface area contributed by atoms with Gasteiger partial charge in [0.25, 0.3) is 0 Å². The Morgan fingerprint density at radius 3 is 2.79 bits per heavy atom. The Hall–Kier alpha value is -2.59. The second kappa shape index (κ2) is 8.03. The summed E-state index contributed by atoms with van der Waals surface area (Å²) in [7, 11) is -3.21. The first-order valence-corrected chi connectivity index (χ1v) is 11.5. The zero-order chi connectivity index (χ0) is 20.4. The Labute approximate surface area is 168 Å². The van der Waals surface area contributed by atoms with E-state index in [9.17, 15) is 12.8 Å². The van der Waals surface area contributed by atoms with Gasteiger partial charge in [-0.15, -0.1) is 15.3 Å². The van der Waals surface area contributed by atoms with Gasteiger partial charge in [-0.25, -0.2) is 17.5 Å². The number of anilines is 1. The molecule has 1 aliphatic heterocycles. The molecule has 3 aromatic rings. The van der Waals surface area contributed by atoms with E-state index in [-0.39, 0.29) is 11.9 Å². The predicted octanol–water partition coefficient (Wildman–Crippen LogP) is 2.23. The molecule has 1 N–H and O–H groups in total. The number of fused-ring (bicyclic) bond motifs is 1. The lowest BCUT2D eigenvalue weighted by atomic mass is 9.99. The molecule has 2 aromatic heterocycles. The van der Waals surface area contributed by atoms with E-state index in [4.69, 9.17) is 5.10 Å². The third-order valence-electron chi connectivity index (χ3n) is 5.13. The van der Waals surface area contributed by atoms with E-state index in [2.05, 4.69) is 19.8 Å². The van der Waals surface area contributed by atoms with Crippen LogP contribution in [0.25, 0.3) is 17.0 Å². The molecule has 10 heteroatoms. The largest absolute Gasteiger partial charge is 0.352 e. The zero-order valence-corrected chi connectivity index (χ0v) is 16.9. The normalized spacial score (nSPS) is 17.7. The first-order valence-electron chi connectivity index (χ1n) is 9.61. The van der Waals surface area contributed by atoms with Crippen molar-refractivity contribution in [2.24, 2.45) is 0 Å². The molecule has 3 heterocycles. The highest BCUT2D eigenvalue weighted by Gasteiger charge is 2.25. The summed E-state index contributed by atoms with van der Waals surface area (Å²) >= 11 is 0. The molecule has 29 heavy (non-hydrogen) atoms. The number of halogens is 1. The third kappa shape index (κ3) is 4.38. The monoisotopic (exact) mass is 418 g/mol. The molecule has 0 radical (unpaired) electrons. The topological polar surface area (TPSA) is 92.5 Å². The second-order valence-electron chi connectivity index (χ2n) is 7.26. The minimum Gasteiger partial charge on any atom is -0.352 e. The van der Waals surface area contributed by atoms with Gasteiger partial charge in [-0.1, -0.05) is 12.1 Å². The Kier molecular flexibility index (Phi) is 5.46. The Balaban J connectivity index is 1.64. The molecule has 0 saturated carbocycles. The van der Waals surface area contributed by atoms with Crippen LogP contribution in [0.2, 0.25) is 0 Å². The standard InChI is InChI=1S/C19H23FN6O2S/c1-29(27,28)21-12-11-14-6-4-5-13-25(14)18-10-9-17-22-23-19(26(17)24-18)15-7-2-3-8-16(15)20/h2-3,7-10,14,21H,4-6,11-13H2,1H3. The highest BCUT2D eigenvalue weighted by molar-refractivity contribution is 7.88. The fourth-order valence-corrected chi connectivity index (χ4v) is 4.24. The van der Waals surface area contributed by atoms with Crippen molar-refractivity contribution >= 4 is 21.5 Å². The van der Waals surface area contributed by atoms with E-state index >= 15 is 0 Å². The van der Waals surface area contributed by atoms with Crippen molar-refractivity contribution < 1.29 is 12.8 Å². The molecule has 1 aliphatic rings. The van der Waals surface area contributed by atoms with Crippen LogP contribution < -0.4 is 9.62 Å². The van der Waals surface area contributed by atoms with E-state index in [1.807, 2.05) is 12.1 Å². The molecule has 0 amide bonds. The lowest BCUT2D eigenvalue weighted by molar-refractivity contribution is 0.432. The molecule has 0 spiro atoms. The third-order valence-corrected chi connectivity index (χ3v) is 5.86. The molecule has 4 rings (SSSR count). The summed E-state index contributed by atoms with van der Waals surface area (Å²) in [5.74, 6) is 0.725. The van der Waals surface area contributed by atoms with Crippen LogP contribution in [0.15, 0.2) is 36.4 Å². The van der Waals surface area contributed by atoms with E-state index in [0.29, 0.717) is 30.0 Å². The van der Waals surface area contributed by atoms with Gasteiger partial charge < -0.3 is 4.90 Å². The summed E-state index contributed by atoms with van der Waals surface area (Å²) in [4.78, 5) is 2.19. The summed E-state index contributed by atoms with van der Waals surface area (Å²) in [6, 6.07) is 10.3. The van der Waals surface area contributed by atoms with Gasteiger partial charge in [0.15, 0.2) is 11.5 Å². The van der Waals surface area contributed by atoms with Crippen LogP contribution >= 0.6 is 0 Å². The first kappa shape index (κ1) is 19.7. The Morgan fingerprint density at radius 1 is 1.17 bits per heavy atom. The van der Waals surface area contributed by atoms with E-state index < -0.39 is 10.0 Å². The summed E-state index contributed by atoms with van der Waals surface area (Å²) < 4.78 is 41.1. The van der Waals surface area contributed by atoms with Crippen molar-refractivity contribution in [3.05, 3.63) is 42.2 Å². The number of aromatic nitrogens is 4. The van der Waals surface area contributed by atoms with Gasteiger partial charge in [-0.3, -0.25) is 0 Å². The molecule has 0 aliphatic carbocycles. The maximum absolute atomic E-state index is 14.3. The number of hydrogen-bond acceptors (Lipinski definition) is 6. The maximum atomic E-state index is 14.3. The number of hydrogen-bond donors (Lipinski definition) is 1. The average molecular weight is 418 g/mol. The van der Waals surface area contributed by atoms with Crippen molar-refractivity contribution in [2.45, 2.75) is 31.7 Å². The Bertz CT molecular complexity index is 1120. The highest BCUT2D eigenvalue weighted by Crippen LogP contribution is 2.27. The molecule has 1 fully saturated rings. The van der Waals surface area contributed by atoms with Crippen LogP contribution in [0.1, 0.15) is 25.7 Å². The van der Waals surface area contributed by atoms with Gasteiger partial charge in [-0.05, 0) is 49.9 Å². The van der Waals surface area contributed by atoms with Gasteiger partial charge in [0, 0.05) is 19.1 Å². The molecule has 1 aromatic carbocycles. The average Bonchev–Trinajstić information content (AvgIpc) is 3.11. The number of rotatable bonds is 6.